The molecular weight excluding hydrogens is 312 g/mol. The molecule has 1 aliphatic heterocycles. The van der Waals surface area contributed by atoms with Crippen molar-refractivity contribution in [2.24, 2.45) is 5.92 Å². The molecule has 0 fully saturated rings. The Morgan fingerprint density at radius 3 is 2.68 bits per heavy atom. The number of carboxylic acid groups (broad SMARTS) is 1. The van der Waals surface area contributed by atoms with E-state index in [0.29, 0.717) is 12.2 Å². The molecule has 1 atom stereocenters. The van der Waals surface area contributed by atoms with Gasteiger partial charge in [-0.25, -0.2) is 0 Å². The van der Waals surface area contributed by atoms with Gasteiger partial charge in [-0.2, -0.15) is 0 Å². The number of benzene rings is 1. The molecule has 0 aromatic heterocycles. The van der Waals surface area contributed by atoms with Crippen LogP contribution in [0.4, 0.5) is 0 Å². The first-order chi connectivity index (χ1) is 8.91. The molecule has 0 bridgehead atoms. The van der Waals surface area contributed by atoms with E-state index < -0.39 is 11.9 Å². The number of hydrogen-bond acceptors (Lipinski definition) is 3. The third kappa shape index (κ3) is 2.71. The molecule has 0 amide bonds. The molecule has 1 heterocycles. The molecule has 0 saturated heterocycles. The lowest BCUT2D eigenvalue weighted by Gasteiger charge is -2.18. The van der Waals surface area contributed by atoms with Gasteiger partial charge in [0, 0.05) is 0 Å². The summed E-state index contributed by atoms with van der Waals surface area (Å²) in [4.78, 5) is 11.0. The predicted molar refractivity (Wildman–Crippen MR) is 74.9 cm³/mol. The highest BCUT2D eigenvalue weighted by Gasteiger charge is 2.25. The number of halogens is 1. The quantitative estimate of drug-likeness (QED) is 0.918. The lowest BCUT2D eigenvalue weighted by atomic mass is 9.90. The number of aliphatic carboxylic acids is 1. The SMILES string of the molecule is CC(Cc1cc2c(c(Br)c1C(C)C)OCO2)C(=O)O. The first-order valence-electron chi connectivity index (χ1n) is 6.25. The Kier molecular flexibility index (Phi) is 4.04. The fraction of sp³-hybridized carbons (Fsp3) is 0.500. The van der Waals surface area contributed by atoms with Crippen LogP contribution < -0.4 is 9.47 Å². The van der Waals surface area contributed by atoms with E-state index in [0.717, 1.165) is 21.3 Å². The molecule has 104 valence electrons. The van der Waals surface area contributed by atoms with E-state index in [4.69, 9.17) is 14.6 Å². The summed E-state index contributed by atoms with van der Waals surface area (Å²) in [5.41, 5.74) is 2.10. The van der Waals surface area contributed by atoms with Gasteiger partial charge in [0.1, 0.15) is 0 Å². The number of fused-ring (bicyclic) bond motifs is 1. The zero-order valence-electron chi connectivity index (χ0n) is 11.2. The van der Waals surface area contributed by atoms with Gasteiger partial charge in [-0.3, -0.25) is 4.79 Å². The van der Waals surface area contributed by atoms with Crippen LogP contribution in [0.3, 0.4) is 0 Å². The molecule has 5 heteroatoms. The predicted octanol–water partition coefficient (Wildman–Crippen LogP) is 3.56. The van der Waals surface area contributed by atoms with Crippen molar-refractivity contribution in [3.05, 3.63) is 21.7 Å². The van der Waals surface area contributed by atoms with Crippen LogP contribution in [-0.4, -0.2) is 17.9 Å². The van der Waals surface area contributed by atoms with Crippen LogP contribution in [0.1, 0.15) is 37.8 Å². The van der Waals surface area contributed by atoms with Crippen molar-refractivity contribution in [2.75, 3.05) is 6.79 Å². The van der Waals surface area contributed by atoms with E-state index in [1.165, 1.54) is 0 Å². The zero-order valence-corrected chi connectivity index (χ0v) is 12.8. The van der Waals surface area contributed by atoms with Gasteiger partial charge >= 0.3 is 5.97 Å². The minimum absolute atomic E-state index is 0.212. The molecule has 4 nitrogen and oxygen atoms in total. The van der Waals surface area contributed by atoms with Gasteiger partial charge in [-0.1, -0.05) is 20.8 Å². The lowest BCUT2D eigenvalue weighted by molar-refractivity contribution is -0.141. The summed E-state index contributed by atoms with van der Waals surface area (Å²) in [6.07, 6.45) is 0.484. The van der Waals surface area contributed by atoms with Crippen molar-refractivity contribution in [3.63, 3.8) is 0 Å². The highest BCUT2D eigenvalue weighted by atomic mass is 79.9. The normalized spacial score (nSPS) is 14.8. The zero-order chi connectivity index (χ0) is 14.2. The Morgan fingerprint density at radius 2 is 2.11 bits per heavy atom. The molecule has 0 spiro atoms. The van der Waals surface area contributed by atoms with E-state index in [-0.39, 0.29) is 12.7 Å². The number of ether oxygens (including phenoxy) is 2. The molecule has 1 unspecified atom stereocenters. The van der Waals surface area contributed by atoms with E-state index in [2.05, 4.69) is 29.8 Å². The monoisotopic (exact) mass is 328 g/mol. The standard InChI is InChI=1S/C14H17BrO4/c1-7(2)11-9(4-8(3)14(16)17)5-10-13(12(11)15)19-6-18-10/h5,7-8H,4,6H2,1-3H3,(H,16,17). The molecule has 2 rings (SSSR count). The van der Waals surface area contributed by atoms with Crippen molar-refractivity contribution in [1.29, 1.82) is 0 Å². The third-order valence-corrected chi connectivity index (χ3v) is 4.04. The van der Waals surface area contributed by atoms with Crippen LogP contribution in [0.2, 0.25) is 0 Å². The van der Waals surface area contributed by atoms with Gasteiger partial charge in [-0.15, -0.1) is 0 Å². The summed E-state index contributed by atoms with van der Waals surface area (Å²) < 4.78 is 11.7. The topological polar surface area (TPSA) is 55.8 Å². The van der Waals surface area contributed by atoms with Crippen molar-refractivity contribution < 1.29 is 19.4 Å². The van der Waals surface area contributed by atoms with Gasteiger partial charge in [0.2, 0.25) is 6.79 Å². The van der Waals surface area contributed by atoms with Crippen LogP contribution >= 0.6 is 15.9 Å². The van der Waals surface area contributed by atoms with Crippen molar-refractivity contribution in [3.8, 4) is 11.5 Å². The van der Waals surface area contributed by atoms with Crippen molar-refractivity contribution in [1.82, 2.24) is 0 Å². The smallest absolute Gasteiger partial charge is 0.306 e. The second-order valence-corrected chi connectivity index (χ2v) is 5.89. The summed E-state index contributed by atoms with van der Waals surface area (Å²) >= 11 is 3.56. The Bertz CT molecular complexity index is 511. The van der Waals surface area contributed by atoms with Gasteiger partial charge in [0.05, 0.1) is 10.4 Å². The molecule has 0 radical (unpaired) electrons. The van der Waals surface area contributed by atoms with Crippen LogP contribution in [-0.2, 0) is 11.2 Å². The minimum atomic E-state index is -0.788. The van der Waals surface area contributed by atoms with Crippen molar-refractivity contribution in [2.45, 2.75) is 33.1 Å². The highest BCUT2D eigenvalue weighted by molar-refractivity contribution is 9.10. The summed E-state index contributed by atoms with van der Waals surface area (Å²) in [5, 5.41) is 9.07. The minimum Gasteiger partial charge on any atom is -0.481 e. The van der Waals surface area contributed by atoms with E-state index >= 15 is 0 Å². The Balaban J connectivity index is 2.47. The molecule has 0 saturated carbocycles. The molecule has 19 heavy (non-hydrogen) atoms. The van der Waals surface area contributed by atoms with Crippen LogP contribution in [0.5, 0.6) is 11.5 Å². The van der Waals surface area contributed by atoms with E-state index in [1.54, 1.807) is 6.92 Å². The molecule has 1 aliphatic rings. The highest BCUT2D eigenvalue weighted by Crippen LogP contribution is 2.45. The summed E-state index contributed by atoms with van der Waals surface area (Å²) in [6.45, 7) is 6.09. The van der Waals surface area contributed by atoms with E-state index in [9.17, 15) is 4.79 Å². The first-order valence-corrected chi connectivity index (χ1v) is 7.04. The Morgan fingerprint density at radius 1 is 1.42 bits per heavy atom. The average Bonchev–Trinajstić information content (AvgIpc) is 2.76. The first kappa shape index (κ1) is 14.2. The van der Waals surface area contributed by atoms with Crippen LogP contribution in [0.15, 0.2) is 10.5 Å². The number of carboxylic acids is 1. The second kappa shape index (κ2) is 5.41. The molecular formula is C14H17BrO4. The van der Waals surface area contributed by atoms with E-state index in [1.807, 2.05) is 6.07 Å². The maximum atomic E-state index is 11.0. The van der Waals surface area contributed by atoms with Gasteiger partial charge in [0.25, 0.3) is 0 Å². The summed E-state index contributed by atoms with van der Waals surface area (Å²) in [5.74, 6) is 0.465. The van der Waals surface area contributed by atoms with Gasteiger partial charge in [0.15, 0.2) is 11.5 Å². The molecule has 1 aromatic rings. The molecule has 1 N–H and O–H groups in total. The molecule has 0 aliphatic carbocycles. The summed E-state index contributed by atoms with van der Waals surface area (Å²) in [7, 11) is 0. The average molecular weight is 329 g/mol. The second-order valence-electron chi connectivity index (χ2n) is 5.10. The largest absolute Gasteiger partial charge is 0.481 e. The lowest BCUT2D eigenvalue weighted by Crippen LogP contribution is -2.14. The fourth-order valence-corrected chi connectivity index (χ4v) is 3.30. The fourth-order valence-electron chi connectivity index (χ4n) is 2.28. The number of rotatable bonds is 4. The maximum Gasteiger partial charge on any atom is 0.306 e. The number of carbonyl (C=O) groups is 1. The summed E-state index contributed by atoms with van der Waals surface area (Å²) in [6, 6.07) is 1.90. The van der Waals surface area contributed by atoms with Crippen LogP contribution in [0, 0.1) is 5.92 Å². The number of hydrogen-bond donors (Lipinski definition) is 1. The van der Waals surface area contributed by atoms with Gasteiger partial charge < -0.3 is 14.6 Å². The van der Waals surface area contributed by atoms with Gasteiger partial charge in [-0.05, 0) is 45.5 Å². The Hall–Kier alpha value is -1.23. The third-order valence-electron chi connectivity index (χ3n) is 3.25. The Labute approximate surface area is 120 Å². The van der Waals surface area contributed by atoms with Crippen molar-refractivity contribution >= 4 is 21.9 Å². The molecule has 1 aromatic carbocycles. The van der Waals surface area contributed by atoms with Crippen LogP contribution in [0.25, 0.3) is 0 Å². The maximum absolute atomic E-state index is 11.0.